The van der Waals surface area contributed by atoms with Crippen LogP contribution in [-0.2, 0) is 4.79 Å². The summed E-state index contributed by atoms with van der Waals surface area (Å²) in [6.45, 7) is 2.63. The lowest BCUT2D eigenvalue weighted by atomic mass is 10.0. The van der Waals surface area contributed by atoms with E-state index in [9.17, 15) is 4.79 Å². The Morgan fingerprint density at radius 3 is 2.52 bits per heavy atom. The van der Waals surface area contributed by atoms with Gasteiger partial charge in [0.15, 0.2) is 0 Å². The minimum Gasteiger partial charge on any atom is -0.404 e. The second-order valence-electron chi connectivity index (χ2n) is 5.74. The summed E-state index contributed by atoms with van der Waals surface area (Å²) in [7, 11) is 1.83. The normalized spacial score (nSPS) is 15.0. The second-order valence-corrected chi connectivity index (χ2v) is 5.74. The van der Waals surface area contributed by atoms with Gasteiger partial charge in [0, 0.05) is 61.9 Å². The Morgan fingerprint density at radius 1 is 1.32 bits per heavy atom. The molecule has 7 nitrogen and oxygen atoms in total. The van der Waals surface area contributed by atoms with E-state index in [0.717, 1.165) is 22.5 Å². The molecule has 1 heterocycles. The van der Waals surface area contributed by atoms with Gasteiger partial charge in [-0.15, -0.1) is 0 Å². The van der Waals surface area contributed by atoms with E-state index in [-0.39, 0.29) is 11.7 Å². The van der Waals surface area contributed by atoms with Crippen molar-refractivity contribution < 1.29 is 4.79 Å². The van der Waals surface area contributed by atoms with Crippen molar-refractivity contribution in [2.24, 2.45) is 5.73 Å². The van der Waals surface area contributed by atoms with Gasteiger partial charge < -0.3 is 26.7 Å². The van der Waals surface area contributed by atoms with E-state index in [4.69, 9.17) is 16.6 Å². The number of carbonyl (C=O) groups excluding carboxylic acids is 1. The molecule has 0 saturated carbocycles. The highest BCUT2D eigenvalue weighted by atomic mass is 16.2. The Hall–Kier alpha value is -3.09. The Balaban J connectivity index is 2.16. The van der Waals surface area contributed by atoms with Crippen LogP contribution in [-0.4, -0.2) is 43.0 Å². The lowest BCUT2D eigenvalue weighted by Crippen LogP contribution is -2.40. The van der Waals surface area contributed by atoms with Crippen LogP contribution in [0.15, 0.2) is 41.7 Å². The lowest BCUT2D eigenvalue weighted by Gasteiger charge is -2.30. The zero-order valence-electron chi connectivity index (χ0n) is 14.5. The molecule has 0 atom stereocenters. The van der Waals surface area contributed by atoms with Gasteiger partial charge in [-0.1, -0.05) is 12.1 Å². The summed E-state index contributed by atoms with van der Waals surface area (Å²) >= 11 is 0. The average Bonchev–Trinajstić information content (AvgIpc) is 2.63. The van der Waals surface area contributed by atoms with Crippen LogP contribution in [0.2, 0.25) is 0 Å². The van der Waals surface area contributed by atoms with Crippen molar-refractivity contribution >= 4 is 29.2 Å². The quantitative estimate of drug-likeness (QED) is 0.414. The van der Waals surface area contributed by atoms with Crippen molar-refractivity contribution in [3.8, 4) is 0 Å². The molecular formula is C18H24N6O. The maximum Gasteiger partial charge on any atom is 0.219 e. The van der Waals surface area contributed by atoms with Crippen molar-refractivity contribution in [3.05, 3.63) is 47.3 Å². The van der Waals surface area contributed by atoms with Gasteiger partial charge in [-0.05, 0) is 17.7 Å². The number of carbonyl (C=O) groups is 1. The number of amidine groups is 1. The number of amides is 1. The number of anilines is 1. The number of nitrogens with two attached hydrogens (primary N) is 1. The molecule has 1 aliphatic heterocycles. The molecule has 1 aromatic carbocycles. The molecule has 132 valence electrons. The highest BCUT2D eigenvalue weighted by Crippen LogP contribution is 2.20. The molecule has 1 aliphatic rings. The van der Waals surface area contributed by atoms with Crippen molar-refractivity contribution in [2.45, 2.75) is 13.3 Å². The summed E-state index contributed by atoms with van der Waals surface area (Å²) in [6.07, 6.45) is 3.30. The lowest BCUT2D eigenvalue weighted by molar-refractivity contribution is -0.128. The number of nitrogens with zero attached hydrogens (tertiary/aromatic N) is 1. The van der Waals surface area contributed by atoms with Gasteiger partial charge in [0.2, 0.25) is 5.91 Å². The average molecular weight is 340 g/mol. The first-order valence-electron chi connectivity index (χ1n) is 8.04. The van der Waals surface area contributed by atoms with Crippen molar-refractivity contribution in [1.29, 1.82) is 10.8 Å². The van der Waals surface area contributed by atoms with Crippen LogP contribution in [0.5, 0.6) is 0 Å². The van der Waals surface area contributed by atoms with Crippen LogP contribution in [0.4, 0.5) is 5.69 Å². The monoisotopic (exact) mass is 340 g/mol. The zero-order valence-corrected chi connectivity index (χ0v) is 14.5. The van der Waals surface area contributed by atoms with E-state index >= 15 is 0 Å². The Labute approximate surface area is 147 Å². The van der Waals surface area contributed by atoms with E-state index in [2.05, 4.69) is 10.6 Å². The highest BCUT2D eigenvalue weighted by Gasteiger charge is 2.23. The summed E-state index contributed by atoms with van der Waals surface area (Å²) < 4.78 is 0. The number of allylic oxidation sites excluding steroid dienone is 1. The van der Waals surface area contributed by atoms with Crippen molar-refractivity contribution in [2.75, 3.05) is 25.5 Å². The van der Waals surface area contributed by atoms with E-state index in [0.29, 0.717) is 25.1 Å². The SMILES string of the molecule is CNC1=C(C(=N)Nc2ccc(/C(C=N)=C/N)cc2)CN(C(C)=O)CC1. The van der Waals surface area contributed by atoms with Crippen LogP contribution in [0, 0.1) is 10.8 Å². The fraction of sp³-hybridized carbons (Fsp3) is 0.278. The molecule has 0 spiro atoms. The molecular weight excluding hydrogens is 316 g/mol. The van der Waals surface area contributed by atoms with Gasteiger partial charge in [0.25, 0.3) is 0 Å². The maximum atomic E-state index is 11.6. The van der Waals surface area contributed by atoms with E-state index in [1.54, 1.807) is 11.8 Å². The summed E-state index contributed by atoms with van der Waals surface area (Å²) in [4.78, 5) is 13.4. The van der Waals surface area contributed by atoms with Crippen LogP contribution in [0.25, 0.3) is 5.57 Å². The van der Waals surface area contributed by atoms with Crippen molar-refractivity contribution in [3.63, 3.8) is 0 Å². The third kappa shape index (κ3) is 4.26. The summed E-state index contributed by atoms with van der Waals surface area (Å²) in [5, 5.41) is 21.9. The minimum atomic E-state index is 0.0116. The van der Waals surface area contributed by atoms with Crippen molar-refractivity contribution in [1.82, 2.24) is 10.2 Å². The second kappa shape index (κ2) is 8.14. The molecule has 7 heteroatoms. The van der Waals surface area contributed by atoms with E-state index in [1.165, 1.54) is 12.4 Å². The first kappa shape index (κ1) is 18.3. The summed E-state index contributed by atoms with van der Waals surface area (Å²) in [6, 6.07) is 7.36. The van der Waals surface area contributed by atoms with Gasteiger partial charge in [-0.2, -0.15) is 0 Å². The predicted molar refractivity (Wildman–Crippen MR) is 102 cm³/mol. The van der Waals surface area contributed by atoms with Crippen LogP contribution >= 0.6 is 0 Å². The number of hydrogen-bond donors (Lipinski definition) is 5. The van der Waals surface area contributed by atoms with Crippen LogP contribution in [0.3, 0.4) is 0 Å². The van der Waals surface area contributed by atoms with Gasteiger partial charge in [0.1, 0.15) is 5.84 Å². The minimum absolute atomic E-state index is 0.0116. The maximum absolute atomic E-state index is 11.6. The fourth-order valence-corrected chi connectivity index (χ4v) is 2.73. The molecule has 2 rings (SSSR count). The number of rotatable bonds is 5. The number of hydrogen-bond acceptors (Lipinski definition) is 5. The largest absolute Gasteiger partial charge is 0.404 e. The molecule has 1 aromatic rings. The van der Waals surface area contributed by atoms with Crippen LogP contribution < -0.4 is 16.4 Å². The first-order chi connectivity index (χ1) is 12.0. The topological polar surface area (TPSA) is 118 Å². The third-order valence-electron chi connectivity index (χ3n) is 4.22. The van der Waals surface area contributed by atoms with Gasteiger partial charge in [0.05, 0.1) is 6.54 Å². The van der Waals surface area contributed by atoms with Gasteiger partial charge >= 0.3 is 0 Å². The summed E-state index contributed by atoms with van der Waals surface area (Å²) in [5.41, 5.74) is 9.49. The summed E-state index contributed by atoms with van der Waals surface area (Å²) in [5.74, 6) is 0.280. The molecule has 1 amide bonds. The van der Waals surface area contributed by atoms with Crippen LogP contribution in [0.1, 0.15) is 18.9 Å². The number of benzene rings is 1. The van der Waals surface area contributed by atoms with Gasteiger partial charge in [-0.3, -0.25) is 10.2 Å². The van der Waals surface area contributed by atoms with Gasteiger partial charge in [-0.25, -0.2) is 0 Å². The Bertz CT molecular complexity index is 732. The molecule has 25 heavy (non-hydrogen) atoms. The molecule has 0 radical (unpaired) electrons. The Kier molecular flexibility index (Phi) is 5.94. The highest BCUT2D eigenvalue weighted by molar-refractivity contribution is 6.09. The first-order valence-corrected chi connectivity index (χ1v) is 8.04. The smallest absolute Gasteiger partial charge is 0.219 e. The molecule has 6 N–H and O–H groups in total. The third-order valence-corrected chi connectivity index (χ3v) is 4.22. The molecule has 0 aliphatic carbocycles. The zero-order chi connectivity index (χ0) is 18.4. The molecule has 0 unspecified atom stereocenters. The molecule has 0 aromatic heterocycles. The Morgan fingerprint density at radius 2 is 2.00 bits per heavy atom. The molecule has 0 fully saturated rings. The van der Waals surface area contributed by atoms with E-state index < -0.39 is 0 Å². The standard InChI is InChI=1S/C18H24N6O/c1-12(25)24-8-7-17(22-2)16(11-24)18(21)23-15-5-3-13(4-6-15)14(9-19)10-20/h3-6,9-10,19,22H,7-8,11,20H2,1-2H3,(H2,21,23)/b14-10+,19-9?. The molecule has 0 saturated heterocycles. The fourth-order valence-electron chi connectivity index (χ4n) is 2.73. The number of nitrogens with one attached hydrogen (secondary N) is 4. The van der Waals surface area contributed by atoms with E-state index in [1.807, 2.05) is 31.3 Å². The predicted octanol–water partition coefficient (Wildman–Crippen LogP) is 1.75. The molecule has 0 bridgehead atoms.